The Balaban J connectivity index is 2.08. The van der Waals surface area contributed by atoms with Gasteiger partial charge in [0.15, 0.2) is 0 Å². The van der Waals surface area contributed by atoms with Gasteiger partial charge in [-0.05, 0) is 49.0 Å². The van der Waals surface area contributed by atoms with E-state index in [-0.39, 0.29) is 11.6 Å². The van der Waals surface area contributed by atoms with Crippen LogP contribution in [0.5, 0.6) is 0 Å². The highest BCUT2D eigenvalue weighted by atomic mass is 35.5. The molecule has 0 amide bonds. The lowest BCUT2D eigenvalue weighted by Crippen LogP contribution is -2.27. The zero-order valence-electron chi connectivity index (χ0n) is 12.6. The molecule has 0 radical (unpaired) electrons. The van der Waals surface area contributed by atoms with Gasteiger partial charge in [0.05, 0.1) is 10.4 Å². The fourth-order valence-electron chi connectivity index (χ4n) is 3.38. The van der Waals surface area contributed by atoms with E-state index >= 15 is 0 Å². The number of nitrogens with one attached hydrogen (secondary N) is 1. The van der Waals surface area contributed by atoms with Gasteiger partial charge in [-0.1, -0.05) is 41.9 Å². The van der Waals surface area contributed by atoms with Crippen LogP contribution in [0.4, 0.5) is 0 Å². The first kappa shape index (κ1) is 14.5. The summed E-state index contributed by atoms with van der Waals surface area (Å²) in [5, 5.41) is 5.48. The summed E-state index contributed by atoms with van der Waals surface area (Å²) in [6.45, 7) is 0.987. The summed E-state index contributed by atoms with van der Waals surface area (Å²) < 4.78 is 1.80. The summed E-state index contributed by atoms with van der Waals surface area (Å²) in [5.41, 5.74) is 1.83. The molecule has 3 aromatic rings. The molecule has 1 N–H and O–H groups in total. The monoisotopic (exact) mass is 324 g/mol. The lowest BCUT2D eigenvalue weighted by molar-refractivity contribution is 0.607. The van der Waals surface area contributed by atoms with Gasteiger partial charge in [-0.25, -0.2) is 0 Å². The van der Waals surface area contributed by atoms with E-state index in [0.29, 0.717) is 10.4 Å². The molecule has 0 aliphatic carbocycles. The van der Waals surface area contributed by atoms with E-state index in [2.05, 4.69) is 11.4 Å². The van der Waals surface area contributed by atoms with Gasteiger partial charge >= 0.3 is 0 Å². The molecule has 4 heteroatoms. The Bertz CT molecular complexity index is 912. The summed E-state index contributed by atoms with van der Waals surface area (Å²) in [6, 6.07) is 17.7. The maximum absolute atomic E-state index is 13.2. The number of nitrogens with zero attached hydrogens (tertiary/aromatic N) is 1. The first-order valence-electron chi connectivity index (χ1n) is 7.89. The van der Waals surface area contributed by atoms with Crippen molar-refractivity contribution in [2.24, 2.45) is 0 Å². The smallest absolute Gasteiger partial charge is 0.264 e. The molecule has 0 saturated carbocycles. The van der Waals surface area contributed by atoms with Gasteiger partial charge in [0.1, 0.15) is 0 Å². The van der Waals surface area contributed by atoms with Crippen molar-refractivity contribution in [1.29, 1.82) is 0 Å². The maximum Gasteiger partial charge on any atom is 0.264 e. The number of halogens is 1. The quantitative estimate of drug-likeness (QED) is 0.771. The Kier molecular flexibility index (Phi) is 3.68. The minimum atomic E-state index is -0.0528. The summed E-state index contributed by atoms with van der Waals surface area (Å²) in [7, 11) is 0. The second-order valence-corrected chi connectivity index (χ2v) is 6.31. The van der Waals surface area contributed by atoms with Crippen LogP contribution in [0.3, 0.4) is 0 Å². The highest BCUT2D eigenvalue weighted by Gasteiger charge is 2.22. The molecule has 0 bridgehead atoms. The molecule has 0 unspecified atom stereocenters. The van der Waals surface area contributed by atoms with Crippen molar-refractivity contribution < 1.29 is 0 Å². The second kappa shape index (κ2) is 5.84. The second-order valence-electron chi connectivity index (χ2n) is 5.90. The number of fused-ring (bicyclic) bond motifs is 1. The number of hydrogen-bond donors (Lipinski definition) is 1. The van der Waals surface area contributed by atoms with Gasteiger partial charge in [-0.3, -0.25) is 9.36 Å². The van der Waals surface area contributed by atoms with Crippen molar-refractivity contribution in [2.75, 3.05) is 6.54 Å². The normalized spacial score (nSPS) is 17.7. The zero-order valence-corrected chi connectivity index (χ0v) is 13.4. The van der Waals surface area contributed by atoms with Gasteiger partial charge in [0, 0.05) is 17.4 Å². The molecule has 1 fully saturated rings. The van der Waals surface area contributed by atoms with Crippen LogP contribution >= 0.6 is 11.6 Å². The van der Waals surface area contributed by atoms with E-state index in [0.717, 1.165) is 36.2 Å². The molecule has 4 rings (SSSR count). The summed E-state index contributed by atoms with van der Waals surface area (Å²) in [4.78, 5) is 13.2. The fourth-order valence-corrected chi connectivity index (χ4v) is 3.64. The molecule has 1 aliphatic heterocycles. The lowest BCUT2D eigenvalue weighted by Gasteiger charge is -2.19. The number of para-hydroxylation sites is 1. The van der Waals surface area contributed by atoms with Gasteiger partial charge in [0.25, 0.3) is 5.56 Å². The zero-order chi connectivity index (χ0) is 15.8. The molecule has 1 aliphatic rings. The van der Waals surface area contributed by atoms with Crippen LogP contribution in [0.15, 0.2) is 59.4 Å². The lowest BCUT2D eigenvalue weighted by atomic mass is 10.1. The Morgan fingerprint density at radius 3 is 2.65 bits per heavy atom. The van der Waals surface area contributed by atoms with Crippen molar-refractivity contribution >= 4 is 22.4 Å². The topological polar surface area (TPSA) is 34.0 Å². The molecule has 116 valence electrons. The average molecular weight is 325 g/mol. The SMILES string of the molecule is O=c1c2c(Cl)cccc2cc([C@@H]2CCCN2)n1-c1ccccc1. The average Bonchev–Trinajstić information content (AvgIpc) is 3.09. The third-order valence-electron chi connectivity index (χ3n) is 4.46. The van der Waals surface area contributed by atoms with Crippen LogP contribution in [0.1, 0.15) is 24.6 Å². The molecule has 1 atom stereocenters. The first-order chi connectivity index (χ1) is 11.3. The number of hydrogen-bond acceptors (Lipinski definition) is 2. The minimum absolute atomic E-state index is 0.0528. The molecule has 23 heavy (non-hydrogen) atoms. The van der Waals surface area contributed by atoms with Crippen LogP contribution in [0, 0.1) is 0 Å². The Morgan fingerprint density at radius 2 is 1.91 bits per heavy atom. The van der Waals surface area contributed by atoms with Crippen molar-refractivity contribution in [2.45, 2.75) is 18.9 Å². The Labute approximate surface area is 139 Å². The molecule has 2 aromatic carbocycles. The molecule has 1 saturated heterocycles. The van der Waals surface area contributed by atoms with Crippen molar-refractivity contribution in [3.63, 3.8) is 0 Å². The number of pyridine rings is 1. The predicted octanol–water partition coefficient (Wildman–Crippen LogP) is 4.07. The van der Waals surface area contributed by atoms with E-state index in [1.165, 1.54) is 0 Å². The molecule has 1 aromatic heterocycles. The van der Waals surface area contributed by atoms with Crippen LogP contribution in [-0.2, 0) is 0 Å². The largest absolute Gasteiger partial charge is 0.309 e. The summed E-state index contributed by atoms with van der Waals surface area (Å²) >= 11 is 6.30. The van der Waals surface area contributed by atoms with Crippen molar-refractivity contribution in [3.05, 3.63) is 75.7 Å². The molecule has 2 heterocycles. The van der Waals surface area contributed by atoms with E-state index in [1.807, 2.05) is 42.5 Å². The fraction of sp³-hybridized carbons (Fsp3) is 0.211. The maximum atomic E-state index is 13.2. The van der Waals surface area contributed by atoms with E-state index in [9.17, 15) is 4.79 Å². The number of aromatic nitrogens is 1. The van der Waals surface area contributed by atoms with Crippen LogP contribution in [0.25, 0.3) is 16.5 Å². The van der Waals surface area contributed by atoms with Crippen LogP contribution in [0.2, 0.25) is 5.02 Å². The van der Waals surface area contributed by atoms with E-state index in [1.54, 1.807) is 10.6 Å². The van der Waals surface area contributed by atoms with Crippen molar-refractivity contribution in [1.82, 2.24) is 9.88 Å². The van der Waals surface area contributed by atoms with Gasteiger partial charge in [-0.2, -0.15) is 0 Å². The van der Waals surface area contributed by atoms with Gasteiger partial charge in [0.2, 0.25) is 0 Å². The van der Waals surface area contributed by atoms with Gasteiger partial charge in [-0.15, -0.1) is 0 Å². The molecular weight excluding hydrogens is 308 g/mol. The number of benzene rings is 2. The standard InChI is InChI=1S/C19H17ClN2O/c20-15-9-4-6-13-12-17(16-10-5-11-21-16)22(19(23)18(13)15)14-7-2-1-3-8-14/h1-4,6-9,12,16,21H,5,10-11H2/t16-/m0/s1. The van der Waals surface area contributed by atoms with Crippen molar-refractivity contribution in [3.8, 4) is 5.69 Å². The molecule has 3 nitrogen and oxygen atoms in total. The summed E-state index contributed by atoms with van der Waals surface area (Å²) in [6.07, 6.45) is 2.17. The third-order valence-corrected chi connectivity index (χ3v) is 4.77. The highest BCUT2D eigenvalue weighted by molar-refractivity contribution is 6.35. The predicted molar refractivity (Wildman–Crippen MR) is 94.5 cm³/mol. The first-order valence-corrected chi connectivity index (χ1v) is 8.26. The Morgan fingerprint density at radius 1 is 1.09 bits per heavy atom. The van der Waals surface area contributed by atoms with E-state index < -0.39 is 0 Å². The number of rotatable bonds is 2. The Hall–Kier alpha value is -2.10. The summed E-state index contributed by atoms with van der Waals surface area (Å²) in [5.74, 6) is 0. The highest BCUT2D eigenvalue weighted by Crippen LogP contribution is 2.28. The molecule has 0 spiro atoms. The van der Waals surface area contributed by atoms with E-state index in [4.69, 9.17) is 11.6 Å². The minimum Gasteiger partial charge on any atom is -0.309 e. The van der Waals surface area contributed by atoms with Crippen LogP contribution in [-0.4, -0.2) is 11.1 Å². The van der Waals surface area contributed by atoms with Crippen LogP contribution < -0.4 is 10.9 Å². The third kappa shape index (κ3) is 2.46. The molecular formula is C19H17ClN2O. The van der Waals surface area contributed by atoms with Gasteiger partial charge < -0.3 is 5.32 Å².